The number of rotatable bonds is 5. The monoisotopic (exact) mass is 427 g/mol. The lowest BCUT2D eigenvalue weighted by Gasteiger charge is -2.43. The number of nitrogens with two attached hydrogens (primary N) is 1. The van der Waals surface area contributed by atoms with Crippen LogP contribution >= 0.6 is 0 Å². The summed E-state index contributed by atoms with van der Waals surface area (Å²) in [5.74, 6) is 6.19. The van der Waals surface area contributed by atoms with Crippen molar-refractivity contribution in [2.24, 2.45) is 22.8 Å². The molecule has 3 aliphatic rings. The molecule has 2 saturated heterocycles. The van der Waals surface area contributed by atoms with Crippen molar-refractivity contribution in [2.75, 3.05) is 13.1 Å². The van der Waals surface area contributed by atoms with Crippen LogP contribution in [0.3, 0.4) is 0 Å². The van der Waals surface area contributed by atoms with Gasteiger partial charge in [0, 0.05) is 18.7 Å². The fraction of sp³-hybridized carbons (Fsp3) is 0.609. The smallest absolute Gasteiger partial charge is 0.243 e. The van der Waals surface area contributed by atoms with E-state index in [9.17, 15) is 14.7 Å². The zero-order chi connectivity index (χ0) is 21.8. The molecule has 5 N–H and O–H groups in total. The van der Waals surface area contributed by atoms with E-state index in [1.54, 1.807) is 17.0 Å². The predicted molar refractivity (Wildman–Crippen MR) is 118 cm³/mol. The maximum absolute atomic E-state index is 13.4. The van der Waals surface area contributed by atoms with E-state index in [2.05, 4.69) is 15.7 Å². The molecule has 1 aliphatic carbocycles. The van der Waals surface area contributed by atoms with Crippen molar-refractivity contribution in [1.29, 1.82) is 0 Å². The molecule has 3 fully saturated rings. The van der Waals surface area contributed by atoms with Crippen LogP contribution in [0.15, 0.2) is 23.3 Å². The van der Waals surface area contributed by atoms with Crippen LogP contribution in [0, 0.1) is 11.8 Å². The van der Waals surface area contributed by atoms with Gasteiger partial charge in [-0.2, -0.15) is 5.10 Å². The molecule has 0 bridgehead atoms. The SMILES string of the molecule is NN=Cc1ccc(CNC(=O)[C@@H]2CCCN2C(=O)[C@@H]2NCC[C@H]3CCCC[C@H]32)cc1O. The van der Waals surface area contributed by atoms with Gasteiger partial charge < -0.3 is 26.5 Å². The minimum atomic E-state index is -0.421. The van der Waals surface area contributed by atoms with Gasteiger partial charge in [0.05, 0.1) is 12.3 Å². The van der Waals surface area contributed by atoms with Crippen molar-refractivity contribution < 1.29 is 14.7 Å². The summed E-state index contributed by atoms with van der Waals surface area (Å²) in [6, 6.07) is 4.53. The van der Waals surface area contributed by atoms with Crippen LogP contribution in [0.5, 0.6) is 5.75 Å². The molecule has 0 aromatic heterocycles. The Kier molecular flexibility index (Phi) is 6.75. The maximum atomic E-state index is 13.4. The van der Waals surface area contributed by atoms with Crippen molar-refractivity contribution in [2.45, 2.75) is 63.6 Å². The van der Waals surface area contributed by atoms with Gasteiger partial charge in [0.2, 0.25) is 11.8 Å². The average molecular weight is 428 g/mol. The Balaban J connectivity index is 1.38. The highest BCUT2D eigenvalue weighted by Gasteiger charge is 2.43. The molecule has 2 aliphatic heterocycles. The number of carbonyl (C=O) groups excluding carboxylic acids is 2. The Morgan fingerprint density at radius 2 is 2.06 bits per heavy atom. The molecule has 1 saturated carbocycles. The maximum Gasteiger partial charge on any atom is 0.243 e. The molecule has 2 amide bonds. The normalized spacial score (nSPS) is 28.5. The first-order valence-corrected chi connectivity index (χ1v) is 11.4. The summed E-state index contributed by atoms with van der Waals surface area (Å²) >= 11 is 0. The van der Waals surface area contributed by atoms with Crippen LogP contribution in [0.1, 0.15) is 56.1 Å². The Bertz CT molecular complexity index is 841. The van der Waals surface area contributed by atoms with Crippen LogP contribution in [-0.4, -0.2) is 53.2 Å². The third-order valence-electron chi connectivity index (χ3n) is 7.16. The molecule has 2 heterocycles. The molecule has 0 unspecified atom stereocenters. The lowest BCUT2D eigenvalue weighted by atomic mass is 9.71. The molecule has 4 rings (SSSR count). The van der Waals surface area contributed by atoms with Gasteiger partial charge in [0.1, 0.15) is 11.8 Å². The molecule has 1 aromatic rings. The molecular weight excluding hydrogens is 394 g/mol. The third-order valence-corrected chi connectivity index (χ3v) is 7.16. The van der Waals surface area contributed by atoms with E-state index < -0.39 is 6.04 Å². The fourth-order valence-electron chi connectivity index (χ4n) is 5.56. The van der Waals surface area contributed by atoms with Crippen molar-refractivity contribution in [3.8, 4) is 5.75 Å². The second kappa shape index (κ2) is 9.68. The Morgan fingerprint density at radius 1 is 1.23 bits per heavy atom. The summed E-state index contributed by atoms with van der Waals surface area (Å²) < 4.78 is 0. The number of nitrogens with one attached hydrogen (secondary N) is 2. The first-order valence-electron chi connectivity index (χ1n) is 11.4. The number of phenolic OH excluding ortho intramolecular Hbond substituents is 1. The van der Waals surface area contributed by atoms with Gasteiger partial charge in [-0.1, -0.05) is 25.3 Å². The van der Waals surface area contributed by atoms with Crippen LogP contribution in [0.25, 0.3) is 0 Å². The number of hydrogen-bond acceptors (Lipinski definition) is 6. The van der Waals surface area contributed by atoms with Crippen LogP contribution in [-0.2, 0) is 16.1 Å². The number of amides is 2. The quantitative estimate of drug-likeness (QED) is 0.322. The van der Waals surface area contributed by atoms with E-state index in [1.165, 1.54) is 25.5 Å². The molecule has 8 nitrogen and oxygen atoms in total. The number of fused-ring (bicyclic) bond motifs is 1. The third kappa shape index (κ3) is 4.69. The number of hydrogen-bond donors (Lipinski definition) is 4. The largest absolute Gasteiger partial charge is 0.507 e. The highest BCUT2D eigenvalue weighted by atomic mass is 16.3. The van der Waals surface area contributed by atoms with Crippen molar-refractivity contribution in [1.82, 2.24) is 15.5 Å². The lowest BCUT2D eigenvalue weighted by Crippen LogP contribution is -2.58. The van der Waals surface area contributed by atoms with Gasteiger partial charge in [-0.15, -0.1) is 0 Å². The Hall–Kier alpha value is -2.61. The van der Waals surface area contributed by atoms with Crippen molar-refractivity contribution in [3.05, 3.63) is 29.3 Å². The van der Waals surface area contributed by atoms with Crippen molar-refractivity contribution >= 4 is 18.0 Å². The highest BCUT2D eigenvalue weighted by Crippen LogP contribution is 2.38. The Morgan fingerprint density at radius 3 is 2.87 bits per heavy atom. The number of piperidine rings is 1. The number of likely N-dealkylation sites (tertiary alicyclic amines) is 1. The van der Waals surface area contributed by atoms with E-state index in [4.69, 9.17) is 5.84 Å². The molecule has 168 valence electrons. The predicted octanol–water partition coefficient (Wildman–Crippen LogP) is 1.46. The molecule has 0 radical (unpaired) electrons. The zero-order valence-electron chi connectivity index (χ0n) is 17.9. The standard InChI is InChI=1S/C23H33N5O3/c24-27-14-17-8-7-15(12-20(17)29)13-26-22(30)19-6-3-11-28(19)23(31)21-18-5-2-1-4-16(18)9-10-25-21/h7-8,12,14,16,18-19,21,25,29H,1-6,9-11,13,24H2,(H,26,30)/t16-,18-,19+,21-/m1/s1. The second-order valence-corrected chi connectivity index (χ2v) is 9.01. The van der Waals surface area contributed by atoms with Crippen LogP contribution < -0.4 is 16.5 Å². The number of aromatic hydroxyl groups is 1. The number of nitrogens with zero attached hydrogens (tertiary/aromatic N) is 2. The molecular formula is C23H33N5O3. The van der Waals surface area contributed by atoms with Crippen molar-refractivity contribution in [3.63, 3.8) is 0 Å². The van der Waals surface area contributed by atoms with Gasteiger partial charge in [-0.3, -0.25) is 9.59 Å². The van der Waals surface area contributed by atoms with Gasteiger partial charge in [0.25, 0.3) is 0 Å². The minimum absolute atomic E-state index is 0.0593. The summed E-state index contributed by atoms with van der Waals surface area (Å²) in [5, 5.41) is 19.9. The number of phenols is 1. The van der Waals surface area contributed by atoms with Gasteiger partial charge in [-0.25, -0.2) is 0 Å². The summed E-state index contributed by atoms with van der Waals surface area (Å²) in [4.78, 5) is 28.1. The number of benzene rings is 1. The minimum Gasteiger partial charge on any atom is -0.507 e. The zero-order valence-corrected chi connectivity index (χ0v) is 17.9. The summed E-state index contributed by atoms with van der Waals surface area (Å²) in [6.45, 7) is 1.81. The highest BCUT2D eigenvalue weighted by molar-refractivity contribution is 5.90. The van der Waals surface area contributed by atoms with E-state index in [-0.39, 0.29) is 30.2 Å². The van der Waals surface area contributed by atoms with E-state index in [0.717, 1.165) is 31.4 Å². The fourth-order valence-corrected chi connectivity index (χ4v) is 5.56. The first-order chi connectivity index (χ1) is 15.1. The average Bonchev–Trinajstić information content (AvgIpc) is 3.28. The summed E-state index contributed by atoms with van der Waals surface area (Å²) in [5.41, 5.74) is 1.29. The Labute approximate surface area is 183 Å². The molecule has 4 atom stereocenters. The molecule has 0 spiro atoms. The summed E-state index contributed by atoms with van der Waals surface area (Å²) in [6.07, 6.45) is 8.85. The van der Waals surface area contributed by atoms with Gasteiger partial charge in [0.15, 0.2) is 0 Å². The van der Waals surface area contributed by atoms with Gasteiger partial charge in [-0.05, 0) is 61.8 Å². The topological polar surface area (TPSA) is 120 Å². The molecule has 1 aromatic carbocycles. The first kappa shape index (κ1) is 21.6. The summed E-state index contributed by atoms with van der Waals surface area (Å²) in [7, 11) is 0. The van der Waals surface area contributed by atoms with Gasteiger partial charge >= 0.3 is 0 Å². The second-order valence-electron chi connectivity index (χ2n) is 9.01. The molecule has 31 heavy (non-hydrogen) atoms. The van der Waals surface area contributed by atoms with E-state index in [0.29, 0.717) is 30.4 Å². The number of hydrazone groups is 1. The molecule has 8 heteroatoms. The van der Waals surface area contributed by atoms with Crippen LogP contribution in [0.2, 0.25) is 0 Å². The number of carbonyl (C=O) groups is 2. The van der Waals surface area contributed by atoms with E-state index >= 15 is 0 Å². The lowest BCUT2D eigenvalue weighted by molar-refractivity contribution is -0.142. The van der Waals surface area contributed by atoms with E-state index in [1.807, 2.05) is 6.07 Å². The van der Waals surface area contributed by atoms with Crippen LogP contribution in [0.4, 0.5) is 0 Å².